The molecule has 19 heavy (non-hydrogen) atoms. The molecule has 0 aliphatic carbocycles. The van der Waals surface area contributed by atoms with Crippen LogP contribution < -0.4 is 5.19 Å². The summed E-state index contributed by atoms with van der Waals surface area (Å²) < 4.78 is 6.18. The topological polar surface area (TPSA) is 9.23 Å². The van der Waals surface area contributed by atoms with E-state index in [9.17, 15) is 0 Å². The number of unbranched alkanes of at least 4 members (excludes halogenated alkanes) is 6. The molecule has 0 fully saturated rings. The van der Waals surface area contributed by atoms with Gasteiger partial charge in [0, 0.05) is 6.61 Å². The molecule has 0 aliphatic rings. The second-order valence-electron chi connectivity index (χ2n) is 5.85. The molecule has 1 aromatic rings. The average Bonchev–Trinajstić information content (AvgIpc) is 2.43. The molecule has 0 N–H and O–H groups in total. The largest absolute Gasteiger partial charge is 0.413 e. The molecule has 0 aromatic heterocycles. The van der Waals surface area contributed by atoms with Gasteiger partial charge in [-0.05, 0) is 24.7 Å². The Morgan fingerprint density at radius 2 is 1.42 bits per heavy atom. The van der Waals surface area contributed by atoms with Crippen molar-refractivity contribution in [3.63, 3.8) is 0 Å². The van der Waals surface area contributed by atoms with Crippen LogP contribution in [0.1, 0.15) is 51.9 Å². The monoisotopic (exact) mass is 278 g/mol. The third kappa shape index (κ3) is 6.93. The normalized spacial score (nSPS) is 11.7. The van der Waals surface area contributed by atoms with Crippen molar-refractivity contribution < 1.29 is 4.43 Å². The molecule has 0 amide bonds. The highest BCUT2D eigenvalue weighted by Crippen LogP contribution is 2.10. The van der Waals surface area contributed by atoms with Gasteiger partial charge in [0.15, 0.2) is 0 Å². The van der Waals surface area contributed by atoms with Gasteiger partial charge in [-0.1, -0.05) is 75.8 Å². The van der Waals surface area contributed by atoms with Crippen molar-refractivity contribution in [3.8, 4) is 0 Å². The molecular formula is C17H30OSi. The van der Waals surface area contributed by atoms with E-state index in [1.165, 1.54) is 50.1 Å². The van der Waals surface area contributed by atoms with Crippen LogP contribution in [0, 0.1) is 0 Å². The Labute approximate surface area is 120 Å². The van der Waals surface area contributed by atoms with Gasteiger partial charge in [0.05, 0.1) is 0 Å². The van der Waals surface area contributed by atoms with Crippen LogP contribution in [0.25, 0.3) is 0 Å². The first-order valence-electron chi connectivity index (χ1n) is 7.86. The Hall–Kier alpha value is -0.603. The number of hydrogen-bond acceptors (Lipinski definition) is 1. The SMILES string of the molecule is CCCCCCCCCO[Si](C)(C)c1ccccc1. The molecule has 0 saturated heterocycles. The van der Waals surface area contributed by atoms with Crippen LogP contribution in [0.15, 0.2) is 30.3 Å². The maximum Gasteiger partial charge on any atom is 0.218 e. The van der Waals surface area contributed by atoms with E-state index in [2.05, 4.69) is 50.3 Å². The highest BCUT2D eigenvalue weighted by molar-refractivity contribution is 6.84. The Bertz CT molecular complexity index is 321. The molecule has 0 heterocycles. The van der Waals surface area contributed by atoms with Crippen molar-refractivity contribution in [3.05, 3.63) is 30.3 Å². The van der Waals surface area contributed by atoms with Crippen molar-refractivity contribution in [2.24, 2.45) is 0 Å². The first kappa shape index (κ1) is 16.5. The van der Waals surface area contributed by atoms with E-state index < -0.39 is 8.32 Å². The second-order valence-corrected chi connectivity index (χ2v) is 9.73. The minimum Gasteiger partial charge on any atom is -0.413 e. The summed E-state index contributed by atoms with van der Waals surface area (Å²) in [6.45, 7) is 7.79. The highest BCUT2D eigenvalue weighted by atomic mass is 28.4. The van der Waals surface area contributed by atoms with E-state index in [1.807, 2.05) is 0 Å². The maximum atomic E-state index is 6.18. The zero-order chi connectivity index (χ0) is 14.0. The standard InChI is InChI=1S/C17H30OSi/c1-4-5-6-7-8-9-13-16-18-19(2,3)17-14-11-10-12-15-17/h10-12,14-15H,4-9,13,16H2,1-3H3. The summed E-state index contributed by atoms with van der Waals surface area (Å²) >= 11 is 0. The Morgan fingerprint density at radius 3 is 2.05 bits per heavy atom. The van der Waals surface area contributed by atoms with Crippen LogP contribution in [0.5, 0.6) is 0 Å². The summed E-state index contributed by atoms with van der Waals surface area (Å²) in [5.41, 5.74) is 0. The van der Waals surface area contributed by atoms with E-state index in [-0.39, 0.29) is 0 Å². The third-order valence-electron chi connectivity index (χ3n) is 3.68. The van der Waals surface area contributed by atoms with Crippen molar-refractivity contribution in [2.75, 3.05) is 6.61 Å². The van der Waals surface area contributed by atoms with Crippen LogP contribution in [-0.2, 0) is 4.43 Å². The summed E-state index contributed by atoms with van der Waals surface area (Å²) in [7, 11) is -1.66. The Balaban J connectivity index is 2.12. The lowest BCUT2D eigenvalue weighted by Gasteiger charge is -2.23. The van der Waals surface area contributed by atoms with E-state index in [4.69, 9.17) is 4.43 Å². The van der Waals surface area contributed by atoms with Gasteiger partial charge in [-0.15, -0.1) is 0 Å². The summed E-state index contributed by atoms with van der Waals surface area (Å²) in [5, 5.41) is 1.40. The van der Waals surface area contributed by atoms with E-state index in [0.29, 0.717) is 0 Å². The molecular weight excluding hydrogens is 248 g/mol. The molecule has 0 bridgehead atoms. The molecule has 1 nitrogen and oxygen atoms in total. The third-order valence-corrected chi connectivity index (χ3v) is 6.33. The van der Waals surface area contributed by atoms with Gasteiger partial charge in [-0.25, -0.2) is 0 Å². The van der Waals surface area contributed by atoms with E-state index in [1.54, 1.807) is 0 Å². The van der Waals surface area contributed by atoms with Crippen LogP contribution in [0.4, 0.5) is 0 Å². The van der Waals surface area contributed by atoms with Gasteiger partial charge < -0.3 is 4.43 Å². The molecule has 1 aromatic carbocycles. The molecule has 0 atom stereocenters. The number of benzene rings is 1. The van der Waals surface area contributed by atoms with Crippen LogP contribution in [0.2, 0.25) is 13.1 Å². The van der Waals surface area contributed by atoms with Gasteiger partial charge in [0.1, 0.15) is 0 Å². The quantitative estimate of drug-likeness (QED) is 0.438. The minimum absolute atomic E-state index is 0.932. The van der Waals surface area contributed by atoms with Gasteiger partial charge in [0.2, 0.25) is 8.32 Å². The summed E-state index contributed by atoms with van der Waals surface area (Å²) in [6.07, 6.45) is 9.44. The number of rotatable bonds is 10. The summed E-state index contributed by atoms with van der Waals surface area (Å²) in [5.74, 6) is 0. The predicted octanol–water partition coefficient (Wildman–Crippen LogP) is 4.87. The van der Waals surface area contributed by atoms with Crippen molar-refractivity contribution in [1.82, 2.24) is 0 Å². The first-order chi connectivity index (χ1) is 9.17. The van der Waals surface area contributed by atoms with Gasteiger partial charge >= 0.3 is 0 Å². The van der Waals surface area contributed by atoms with Crippen LogP contribution in [-0.4, -0.2) is 14.9 Å². The lowest BCUT2D eigenvalue weighted by atomic mass is 10.1. The summed E-state index contributed by atoms with van der Waals surface area (Å²) in [6, 6.07) is 10.7. The van der Waals surface area contributed by atoms with Gasteiger partial charge in [0.25, 0.3) is 0 Å². The predicted molar refractivity (Wildman–Crippen MR) is 87.5 cm³/mol. The van der Waals surface area contributed by atoms with Gasteiger partial charge in [-0.2, -0.15) is 0 Å². The molecule has 0 unspecified atom stereocenters. The van der Waals surface area contributed by atoms with E-state index >= 15 is 0 Å². The zero-order valence-corrected chi connectivity index (χ0v) is 14.0. The van der Waals surface area contributed by atoms with E-state index in [0.717, 1.165) is 6.61 Å². The average molecular weight is 279 g/mol. The Kier molecular flexibility index (Phi) is 8.07. The molecule has 2 heteroatoms. The lowest BCUT2D eigenvalue weighted by molar-refractivity contribution is 0.302. The smallest absolute Gasteiger partial charge is 0.218 e. The molecule has 1 rings (SSSR count). The van der Waals surface area contributed by atoms with Crippen molar-refractivity contribution in [2.45, 2.75) is 65.0 Å². The summed E-state index contributed by atoms with van der Waals surface area (Å²) in [4.78, 5) is 0. The molecule has 0 radical (unpaired) electrons. The van der Waals surface area contributed by atoms with Crippen LogP contribution in [0.3, 0.4) is 0 Å². The van der Waals surface area contributed by atoms with Crippen LogP contribution >= 0.6 is 0 Å². The van der Waals surface area contributed by atoms with Gasteiger partial charge in [-0.3, -0.25) is 0 Å². The molecule has 0 saturated carbocycles. The number of hydrogen-bond donors (Lipinski definition) is 0. The van der Waals surface area contributed by atoms with Crippen molar-refractivity contribution in [1.29, 1.82) is 0 Å². The fourth-order valence-corrected chi connectivity index (χ4v) is 4.13. The Morgan fingerprint density at radius 1 is 0.842 bits per heavy atom. The first-order valence-corrected chi connectivity index (χ1v) is 10.8. The fourth-order valence-electron chi connectivity index (χ4n) is 2.31. The fraction of sp³-hybridized carbons (Fsp3) is 0.647. The molecule has 0 aliphatic heterocycles. The lowest BCUT2D eigenvalue weighted by Crippen LogP contribution is -2.44. The second kappa shape index (κ2) is 9.32. The molecule has 108 valence electrons. The molecule has 0 spiro atoms. The van der Waals surface area contributed by atoms with Crippen molar-refractivity contribution >= 4 is 13.5 Å². The zero-order valence-electron chi connectivity index (χ0n) is 13.0. The maximum absolute atomic E-state index is 6.18. The highest BCUT2D eigenvalue weighted by Gasteiger charge is 2.24. The minimum atomic E-state index is -1.66.